The molecule has 8 heteroatoms. The van der Waals surface area contributed by atoms with Crippen molar-refractivity contribution in [3.8, 4) is 0 Å². The molecule has 0 aliphatic heterocycles. The van der Waals surface area contributed by atoms with Gasteiger partial charge in [0.2, 0.25) is 5.91 Å². The van der Waals surface area contributed by atoms with E-state index in [1.807, 2.05) is 0 Å². The van der Waals surface area contributed by atoms with Gasteiger partial charge >= 0.3 is 0 Å². The lowest BCUT2D eigenvalue weighted by molar-refractivity contribution is -0.130. The van der Waals surface area contributed by atoms with Crippen LogP contribution in [0.3, 0.4) is 0 Å². The van der Waals surface area contributed by atoms with E-state index >= 15 is 0 Å². The topological polar surface area (TPSA) is 133 Å². The summed E-state index contributed by atoms with van der Waals surface area (Å²) in [5.41, 5.74) is 11.1. The lowest BCUT2D eigenvalue weighted by Crippen LogP contribution is -2.35. The largest absolute Gasteiger partial charge is 0.384 e. The molecule has 6 N–H and O–H groups in total. The van der Waals surface area contributed by atoms with E-state index in [-0.39, 0.29) is 24.7 Å². The van der Waals surface area contributed by atoms with Gasteiger partial charge in [0.05, 0.1) is 18.4 Å². The minimum atomic E-state index is -0.529. The van der Waals surface area contributed by atoms with Gasteiger partial charge in [-0.2, -0.15) is 0 Å². The lowest BCUT2D eigenvalue weighted by atomic mass is 10.3. The number of hydrogen-bond donors (Lipinski definition) is 3. The highest BCUT2D eigenvalue weighted by atomic mass is 16.2. The van der Waals surface area contributed by atoms with Crippen LogP contribution in [-0.2, 0) is 22.6 Å². The molecule has 0 atom stereocenters. The smallest absolute Gasteiger partial charge is 0.256 e. The zero-order valence-electron chi connectivity index (χ0n) is 8.88. The third-order valence-electron chi connectivity index (χ3n) is 2.00. The molecule has 0 spiro atoms. The molecular weight excluding hydrogens is 212 g/mol. The first kappa shape index (κ1) is 12.0. The van der Waals surface area contributed by atoms with Crippen molar-refractivity contribution in [1.29, 1.82) is 0 Å². The van der Waals surface area contributed by atoms with E-state index in [9.17, 15) is 9.59 Å². The summed E-state index contributed by atoms with van der Waals surface area (Å²) in [7, 11) is 1.43. The van der Waals surface area contributed by atoms with Gasteiger partial charge in [0.25, 0.3) is 5.91 Å². The van der Waals surface area contributed by atoms with Crippen molar-refractivity contribution in [3.63, 3.8) is 0 Å². The number of nitrogen functional groups attached to an aromatic ring is 1. The van der Waals surface area contributed by atoms with Crippen LogP contribution in [-0.4, -0.2) is 33.4 Å². The Bertz CT molecular complexity index is 411. The summed E-state index contributed by atoms with van der Waals surface area (Å²) in [6.45, 7) is -0.0232. The van der Waals surface area contributed by atoms with Crippen molar-refractivity contribution in [1.82, 2.24) is 14.6 Å². The minimum absolute atomic E-state index is 0.0232. The van der Waals surface area contributed by atoms with Gasteiger partial charge in [-0.25, -0.2) is 10.8 Å². The molecule has 1 rings (SSSR count). The van der Waals surface area contributed by atoms with Gasteiger partial charge in [0.15, 0.2) is 0 Å². The number of hydrazine groups is 1. The van der Waals surface area contributed by atoms with Crippen LogP contribution in [0.1, 0.15) is 5.69 Å². The molecule has 0 radical (unpaired) electrons. The average Bonchev–Trinajstić information content (AvgIpc) is 2.49. The second-order valence-corrected chi connectivity index (χ2v) is 3.35. The highest BCUT2D eigenvalue weighted by Gasteiger charge is 2.13. The normalized spacial score (nSPS) is 10.1. The Labute approximate surface area is 92.0 Å². The van der Waals surface area contributed by atoms with Crippen LogP contribution in [0.15, 0.2) is 6.33 Å². The molecule has 8 nitrogen and oxygen atoms in total. The van der Waals surface area contributed by atoms with Gasteiger partial charge in [0, 0.05) is 7.05 Å². The van der Waals surface area contributed by atoms with E-state index in [1.165, 1.54) is 17.9 Å². The molecule has 1 heterocycles. The molecule has 0 aromatic carbocycles. The highest BCUT2D eigenvalue weighted by Crippen LogP contribution is 2.10. The van der Waals surface area contributed by atoms with Gasteiger partial charge in [0.1, 0.15) is 12.4 Å². The Morgan fingerprint density at radius 2 is 2.19 bits per heavy atom. The van der Waals surface area contributed by atoms with Crippen LogP contribution in [0, 0.1) is 0 Å². The van der Waals surface area contributed by atoms with Gasteiger partial charge < -0.3 is 16.0 Å². The number of amides is 2. The van der Waals surface area contributed by atoms with E-state index in [0.717, 1.165) is 5.01 Å². The Kier molecular flexibility index (Phi) is 3.46. The third-order valence-corrected chi connectivity index (χ3v) is 2.00. The fourth-order valence-electron chi connectivity index (χ4n) is 1.12. The summed E-state index contributed by atoms with van der Waals surface area (Å²) >= 11 is 0. The molecule has 1 aromatic rings. The summed E-state index contributed by atoms with van der Waals surface area (Å²) in [5, 5.41) is 0.952. The number of carbonyl (C=O) groups is 2. The number of rotatable bonds is 4. The molecule has 2 amide bonds. The fraction of sp³-hybridized carbons (Fsp3) is 0.375. The number of aromatic nitrogens is 2. The summed E-state index contributed by atoms with van der Waals surface area (Å²) < 4.78 is 1.41. The van der Waals surface area contributed by atoms with Crippen LogP contribution < -0.4 is 17.3 Å². The Morgan fingerprint density at radius 3 is 2.69 bits per heavy atom. The van der Waals surface area contributed by atoms with Crippen LogP contribution in [0.2, 0.25) is 0 Å². The summed E-state index contributed by atoms with van der Waals surface area (Å²) in [6, 6.07) is 0. The van der Waals surface area contributed by atoms with Crippen LogP contribution in [0.4, 0.5) is 5.82 Å². The monoisotopic (exact) mass is 226 g/mol. The maximum atomic E-state index is 11.3. The molecule has 16 heavy (non-hydrogen) atoms. The van der Waals surface area contributed by atoms with Crippen LogP contribution in [0.25, 0.3) is 0 Å². The second-order valence-electron chi connectivity index (χ2n) is 3.35. The number of primary amides is 1. The average molecular weight is 226 g/mol. The first-order valence-electron chi connectivity index (χ1n) is 4.51. The van der Waals surface area contributed by atoms with Gasteiger partial charge in [-0.1, -0.05) is 0 Å². The van der Waals surface area contributed by atoms with E-state index in [2.05, 4.69) is 4.98 Å². The maximum Gasteiger partial charge on any atom is 0.256 e. The maximum absolute atomic E-state index is 11.3. The zero-order chi connectivity index (χ0) is 12.3. The Hall–Kier alpha value is -2.09. The molecular formula is C8H14N6O2. The molecule has 0 saturated carbocycles. The van der Waals surface area contributed by atoms with E-state index in [1.54, 1.807) is 0 Å². The lowest BCUT2D eigenvalue weighted by Gasteiger charge is -2.10. The first-order chi connectivity index (χ1) is 7.41. The number of nitrogens with two attached hydrogens (primary N) is 3. The molecule has 0 fully saturated rings. The number of likely N-dealkylation sites (N-methyl/N-ethyl adjacent to an activating group) is 1. The molecule has 0 saturated heterocycles. The van der Waals surface area contributed by atoms with Crippen LogP contribution in [0.5, 0.6) is 0 Å². The SMILES string of the molecule is CN(N)C(=O)Cn1cnc(CC(N)=O)c1N. The second kappa shape index (κ2) is 4.62. The van der Waals surface area contributed by atoms with E-state index < -0.39 is 5.91 Å². The quantitative estimate of drug-likeness (QED) is 0.305. The number of imidazole rings is 1. The number of hydrogen-bond acceptors (Lipinski definition) is 5. The third kappa shape index (κ3) is 2.70. The van der Waals surface area contributed by atoms with Crippen molar-refractivity contribution in [2.75, 3.05) is 12.8 Å². The molecule has 0 aliphatic rings. The van der Waals surface area contributed by atoms with Crippen LogP contribution >= 0.6 is 0 Å². The standard InChI is InChI=1S/C8H14N6O2/c1-13(11)7(16)3-14-4-12-5(8(14)10)2-6(9)15/h4H,2-3,10-11H2,1H3,(H2,9,15). The van der Waals surface area contributed by atoms with Gasteiger partial charge in [-0.3, -0.25) is 14.6 Å². The molecule has 0 bridgehead atoms. The van der Waals surface area contributed by atoms with Crippen molar-refractivity contribution in [2.45, 2.75) is 13.0 Å². The predicted molar refractivity (Wildman–Crippen MR) is 56.5 cm³/mol. The van der Waals surface area contributed by atoms with E-state index in [4.69, 9.17) is 17.3 Å². The molecule has 1 aromatic heterocycles. The molecule has 0 aliphatic carbocycles. The number of nitrogens with zero attached hydrogens (tertiary/aromatic N) is 3. The summed E-state index contributed by atoms with van der Waals surface area (Å²) in [6.07, 6.45) is 1.32. The molecule has 88 valence electrons. The summed E-state index contributed by atoms with van der Waals surface area (Å²) in [5.74, 6) is 4.65. The first-order valence-corrected chi connectivity index (χ1v) is 4.51. The highest BCUT2D eigenvalue weighted by molar-refractivity contribution is 5.78. The minimum Gasteiger partial charge on any atom is -0.384 e. The zero-order valence-corrected chi connectivity index (χ0v) is 8.88. The Balaban J connectivity index is 2.80. The van der Waals surface area contributed by atoms with Gasteiger partial charge in [-0.05, 0) is 0 Å². The predicted octanol–water partition coefficient (Wildman–Crippen LogP) is -2.17. The number of anilines is 1. The van der Waals surface area contributed by atoms with Crippen molar-refractivity contribution in [2.24, 2.45) is 11.6 Å². The fourth-order valence-corrected chi connectivity index (χ4v) is 1.12. The van der Waals surface area contributed by atoms with E-state index in [0.29, 0.717) is 5.69 Å². The summed E-state index contributed by atoms with van der Waals surface area (Å²) in [4.78, 5) is 25.9. The van der Waals surface area contributed by atoms with Crippen molar-refractivity contribution < 1.29 is 9.59 Å². The van der Waals surface area contributed by atoms with Crippen molar-refractivity contribution in [3.05, 3.63) is 12.0 Å². The molecule has 0 unspecified atom stereocenters. The number of carbonyl (C=O) groups excluding carboxylic acids is 2. The van der Waals surface area contributed by atoms with Gasteiger partial charge in [-0.15, -0.1) is 0 Å². The Morgan fingerprint density at radius 1 is 1.56 bits per heavy atom. The van der Waals surface area contributed by atoms with Crippen molar-refractivity contribution >= 4 is 17.6 Å².